The van der Waals surface area contributed by atoms with Crippen LogP contribution in [-0.4, -0.2) is 4.98 Å². The molecule has 0 unspecified atom stereocenters. The Balaban J connectivity index is 1.89. The Morgan fingerprint density at radius 2 is 1.81 bits per heavy atom. The van der Waals surface area contributed by atoms with E-state index in [-0.39, 0.29) is 0 Å². The van der Waals surface area contributed by atoms with E-state index in [1.165, 1.54) is 4.88 Å². The number of benzene rings is 2. The van der Waals surface area contributed by atoms with Gasteiger partial charge in [-0.05, 0) is 31.5 Å². The molecule has 0 atom stereocenters. The first-order valence-electron chi connectivity index (χ1n) is 6.69. The van der Waals surface area contributed by atoms with Gasteiger partial charge in [0.25, 0.3) is 0 Å². The van der Waals surface area contributed by atoms with Crippen molar-refractivity contribution in [2.24, 2.45) is 0 Å². The third-order valence-electron chi connectivity index (χ3n) is 3.27. The van der Waals surface area contributed by atoms with Gasteiger partial charge in [-0.1, -0.05) is 48.0 Å². The van der Waals surface area contributed by atoms with Crippen molar-refractivity contribution in [3.63, 3.8) is 0 Å². The number of aryl methyl sites for hydroxylation is 2. The van der Waals surface area contributed by atoms with E-state index in [1.54, 1.807) is 11.3 Å². The van der Waals surface area contributed by atoms with Crippen LogP contribution in [0.5, 0.6) is 0 Å². The number of hydrogen-bond donors (Lipinski definition) is 1. The van der Waals surface area contributed by atoms with Crippen LogP contribution >= 0.6 is 22.9 Å². The van der Waals surface area contributed by atoms with Crippen LogP contribution in [0.1, 0.15) is 10.4 Å². The summed E-state index contributed by atoms with van der Waals surface area (Å²) in [6.07, 6.45) is 0. The third kappa shape index (κ3) is 3.09. The second-order valence-electron chi connectivity index (χ2n) is 4.88. The van der Waals surface area contributed by atoms with E-state index in [9.17, 15) is 0 Å². The minimum Gasteiger partial charge on any atom is -0.331 e. The zero-order valence-electron chi connectivity index (χ0n) is 11.9. The van der Waals surface area contributed by atoms with Crippen molar-refractivity contribution in [3.05, 3.63) is 64.0 Å². The summed E-state index contributed by atoms with van der Waals surface area (Å²) < 4.78 is 0. The molecule has 0 fully saturated rings. The van der Waals surface area contributed by atoms with Gasteiger partial charge in [0, 0.05) is 21.2 Å². The Morgan fingerprint density at radius 1 is 1.05 bits per heavy atom. The molecular weight excluding hydrogens is 300 g/mol. The molecule has 0 bridgehead atoms. The highest BCUT2D eigenvalue weighted by atomic mass is 35.5. The van der Waals surface area contributed by atoms with Crippen molar-refractivity contribution in [3.8, 4) is 11.3 Å². The molecule has 0 radical (unpaired) electrons. The Kier molecular flexibility index (Phi) is 3.95. The molecule has 0 aliphatic carbocycles. The number of aromatic nitrogens is 1. The monoisotopic (exact) mass is 314 g/mol. The fraction of sp³-hybridized carbons (Fsp3) is 0.118. The number of nitrogens with one attached hydrogen (secondary N) is 1. The van der Waals surface area contributed by atoms with Crippen LogP contribution in [0.4, 0.5) is 10.8 Å². The highest BCUT2D eigenvalue weighted by molar-refractivity contribution is 7.16. The predicted molar refractivity (Wildman–Crippen MR) is 91.8 cm³/mol. The first kappa shape index (κ1) is 14.1. The molecule has 0 aliphatic rings. The summed E-state index contributed by atoms with van der Waals surface area (Å²) in [5.74, 6) is 0. The van der Waals surface area contributed by atoms with Crippen molar-refractivity contribution >= 4 is 33.8 Å². The van der Waals surface area contributed by atoms with Gasteiger partial charge in [-0.3, -0.25) is 0 Å². The topological polar surface area (TPSA) is 24.9 Å². The van der Waals surface area contributed by atoms with E-state index in [0.29, 0.717) is 0 Å². The standard InChI is InChI=1S/C17H15ClN2S/c1-11-8-9-14(10-15(11)18)19-17-20-16(12(2)21-17)13-6-4-3-5-7-13/h3-10H,1-2H3,(H,19,20). The van der Waals surface area contributed by atoms with Gasteiger partial charge in [0.2, 0.25) is 0 Å². The SMILES string of the molecule is Cc1ccc(Nc2nc(-c3ccccc3)c(C)s2)cc1Cl. The van der Waals surface area contributed by atoms with Crippen LogP contribution in [0.15, 0.2) is 48.5 Å². The fourth-order valence-corrected chi connectivity index (χ4v) is 3.14. The second-order valence-corrected chi connectivity index (χ2v) is 6.49. The molecular formula is C17H15ClN2S. The first-order valence-corrected chi connectivity index (χ1v) is 7.89. The molecule has 0 saturated heterocycles. The van der Waals surface area contributed by atoms with Crippen molar-refractivity contribution in [1.82, 2.24) is 4.98 Å². The smallest absolute Gasteiger partial charge is 0.187 e. The second kappa shape index (κ2) is 5.88. The van der Waals surface area contributed by atoms with Crippen LogP contribution in [0.3, 0.4) is 0 Å². The summed E-state index contributed by atoms with van der Waals surface area (Å²) in [5, 5.41) is 4.97. The van der Waals surface area contributed by atoms with Crippen LogP contribution < -0.4 is 5.32 Å². The molecule has 1 N–H and O–H groups in total. The lowest BCUT2D eigenvalue weighted by atomic mass is 10.1. The van der Waals surface area contributed by atoms with Crippen LogP contribution in [0.2, 0.25) is 5.02 Å². The van der Waals surface area contributed by atoms with Gasteiger partial charge in [-0.15, -0.1) is 11.3 Å². The van der Waals surface area contributed by atoms with Gasteiger partial charge >= 0.3 is 0 Å². The van der Waals surface area contributed by atoms with Crippen LogP contribution in [-0.2, 0) is 0 Å². The molecule has 1 aromatic heterocycles. The molecule has 0 aliphatic heterocycles. The molecule has 3 aromatic rings. The molecule has 4 heteroatoms. The zero-order chi connectivity index (χ0) is 14.8. The highest BCUT2D eigenvalue weighted by Gasteiger charge is 2.10. The van der Waals surface area contributed by atoms with E-state index >= 15 is 0 Å². The summed E-state index contributed by atoms with van der Waals surface area (Å²) in [6.45, 7) is 4.08. The third-order valence-corrected chi connectivity index (χ3v) is 4.56. The Hall–Kier alpha value is -1.84. The number of hydrogen-bond acceptors (Lipinski definition) is 3. The number of rotatable bonds is 3. The minimum absolute atomic E-state index is 0.761. The Labute approximate surface area is 133 Å². The molecule has 21 heavy (non-hydrogen) atoms. The van der Waals surface area contributed by atoms with E-state index < -0.39 is 0 Å². The van der Waals surface area contributed by atoms with Crippen molar-refractivity contribution in [2.75, 3.05) is 5.32 Å². The fourth-order valence-electron chi connectivity index (χ4n) is 2.11. The molecule has 106 valence electrons. The molecule has 2 aromatic carbocycles. The highest BCUT2D eigenvalue weighted by Crippen LogP contribution is 2.32. The van der Waals surface area contributed by atoms with E-state index in [4.69, 9.17) is 16.6 Å². The molecule has 0 spiro atoms. The number of nitrogens with zero attached hydrogens (tertiary/aromatic N) is 1. The number of halogens is 1. The van der Waals surface area contributed by atoms with Crippen molar-refractivity contribution in [2.45, 2.75) is 13.8 Å². The zero-order valence-corrected chi connectivity index (χ0v) is 13.4. The Morgan fingerprint density at radius 3 is 2.52 bits per heavy atom. The number of anilines is 2. The largest absolute Gasteiger partial charge is 0.331 e. The van der Waals surface area contributed by atoms with Crippen LogP contribution in [0.25, 0.3) is 11.3 Å². The van der Waals surface area contributed by atoms with Gasteiger partial charge < -0.3 is 5.32 Å². The molecule has 3 rings (SSSR count). The molecule has 0 amide bonds. The number of thiazole rings is 1. The van der Waals surface area contributed by atoms with Crippen molar-refractivity contribution < 1.29 is 0 Å². The van der Waals surface area contributed by atoms with Gasteiger partial charge in [0.05, 0.1) is 5.69 Å². The van der Waals surface area contributed by atoms with Gasteiger partial charge in [-0.25, -0.2) is 4.98 Å². The molecule has 1 heterocycles. The normalized spacial score (nSPS) is 10.6. The molecule has 0 saturated carbocycles. The maximum Gasteiger partial charge on any atom is 0.187 e. The summed E-state index contributed by atoms with van der Waals surface area (Å²) in [4.78, 5) is 5.89. The average molecular weight is 315 g/mol. The van der Waals surface area contributed by atoms with Gasteiger partial charge in [0.1, 0.15) is 0 Å². The summed E-state index contributed by atoms with van der Waals surface area (Å²) in [5.41, 5.74) is 4.20. The summed E-state index contributed by atoms with van der Waals surface area (Å²) >= 11 is 7.80. The summed E-state index contributed by atoms with van der Waals surface area (Å²) in [7, 11) is 0. The lowest BCUT2D eigenvalue weighted by Gasteiger charge is -2.04. The maximum atomic E-state index is 6.16. The van der Waals surface area contributed by atoms with Gasteiger partial charge in [-0.2, -0.15) is 0 Å². The Bertz CT molecular complexity index is 766. The maximum absolute atomic E-state index is 6.16. The minimum atomic E-state index is 0.761. The van der Waals surface area contributed by atoms with Gasteiger partial charge in [0.15, 0.2) is 5.13 Å². The first-order chi connectivity index (χ1) is 10.1. The molecule has 2 nitrogen and oxygen atoms in total. The lowest BCUT2D eigenvalue weighted by molar-refractivity contribution is 1.35. The average Bonchev–Trinajstić information content (AvgIpc) is 2.84. The van der Waals surface area contributed by atoms with Crippen LogP contribution in [0, 0.1) is 13.8 Å². The summed E-state index contributed by atoms with van der Waals surface area (Å²) in [6, 6.07) is 16.2. The van der Waals surface area contributed by atoms with E-state index in [2.05, 4.69) is 24.4 Å². The lowest BCUT2D eigenvalue weighted by Crippen LogP contribution is -1.90. The van der Waals surface area contributed by atoms with Crippen molar-refractivity contribution in [1.29, 1.82) is 0 Å². The van der Waals surface area contributed by atoms with E-state index in [0.717, 1.165) is 32.7 Å². The van der Waals surface area contributed by atoms with E-state index in [1.807, 2.05) is 43.3 Å². The quantitative estimate of drug-likeness (QED) is 0.658. The predicted octanol–water partition coefficient (Wildman–Crippen LogP) is 5.82.